The molecule has 0 radical (unpaired) electrons. The van der Waals surface area contributed by atoms with E-state index in [4.69, 9.17) is 5.10 Å². The number of ketones is 1. The third-order valence-electron chi connectivity index (χ3n) is 4.07. The molecule has 0 aliphatic heterocycles. The summed E-state index contributed by atoms with van der Waals surface area (Å²) >= 11 is 0. The summed E-state index contributed by atoms with van der Waals surface area (Å²) in [5, 5.41) is 4.77. The minimum Gasteiger partial charge on any atom is -0.294 e. The second-order valence-corrected chi connectivity index (χ2v) is 5.51. The number of hydrogen-bond donors (Lipinski definition) is 0. The molecule has 1 heterocycles. The van der Waals surface area contributed by atoms with Crippen molar-refractivity contribution in [3.05, 3.63) is 47.3 Å². The molecule has 2 aliphatic rings. The molecule has 1 fully saturated rings. The Kier molecular flexibility index (Phi) is 2.34. The molecular formula is C16H16N2O. The first-order valence-electron chi connectivity index (χ1n) is 7.05. The number of aromatic nitrogens is 2. The summed E-state index contributed by atoms with van der Waals surface area (Å²) in [5.74, 6) is 0.825. The molecular weight excluding hydrogens is 236 g/mol. The second kappa shape index (κ2) is 4.05. The Morgan fingerprint density at radius 3 is 2.63 bits per heavy atom. The van der Waals surface area contributed by atoms with E-state index in [-0.39, 0.29) is 0 Å². The summed E-state index contributed by atoms with van der Waals surface area (Å²) in [6.07, 6.45) is 4.98. The fourth-order valence-corrected chi connectivity index (χ4v) is 2.97. The fraction of sp³-hybridized carbons (Fsp3) is 0.375. The highest BCUT2D eigenvalue weighted by molar-refractivity contribution is 5.99. The van der Waals surface area contributed by atoms with Crippen molar-refractivity contribution in [3.63, 3.8) is 0 Å². The van der Waals surface area contributed by atoms with Crippen LogP contribution in [0.2, 0.25) is 0 Å². The highest BCUT2D eigenvalue weighted by atomic mass is 16.1. The maximum atomic E-state index is 12.2. The summed E-state index contributed by atoms with van der Waals surface area (Å²) in [6, 6.07) is 10.2. The summed E-state index contributed by atoms with van der Waals surface area (Å²) in [7, 11) is 0. The Balaban J connectivity index is 1.92. The molecule has 0 unspecified atom stereocenters. The maximum Gasteiger partial charge on any atom is 0.166 e. The number of hydrogen-bond acceptors (Lipinski definition) is 2. The van der Waals surface area contributed by atoms with Crippen molar-refractivity contribution in [3.8, 4) is 5.69 Å². The van der Waals surface area contributed by atoms with Gasteiger partial charge in [0.25, 0.3) is 0 Å². The monoisotopic (exact) mass is 252 g/mol. The number of benzene rings is 1. The molecule has 1 saturated carbocycles. The number of rotatable bonds is 2. The van der Waals surface area contributed by atoms with E-state index in [0.717, 1.165) is 35.5 Å². The molecule has 4 rings (SSSR count). The van der Waals surface area contributed by atoms with Crippen LogP contribution in [0.3, 0.4) is 0 Å². The van der Waals surface area contributed by atoms with E-state index in [1.807, 2.05) is 22.9 Å². The van der Waals surface area contributed by atoms with Gasteiger partial charge in [0, 0.05) is 12.3 Å². The summed E-state index contributed by atoms with van der Waals surface area (Å²) in [4.78, 5) is 12.2. The van der Waals surface area contributed by atoms with E-state index in [9.17, 15) is 4.79 Å². The lowest BCUT2D eigenvalue weighted by atomic mass is 9.93. The molecule has 0 N–H and O–H groups in total. The third-order valence-corrected chi connectivity index (χ3v) is 4.07. The number of carbonyl (C=O) groups is 1. The first kappa shape index (κ1) is 11.0. The van der Waals surface area contributed by atoms with Gasteiger partial charge in [-0.15, -0.1) is 0 Å². The second-order valence-electron chi connectivity index (χ2n) is 5.51. The van der Waals surface area contributed by atoms with Crippen LogP contribution in [0.25, 0.3) is 5.69 Å². The van der Waals surface area contributed by atoms with Crippen LogP contribution in [0, 0.1) is 0 Å². The lowest BCUT2D eigenvalue weighted by molar-refractivity contribution is 0.0971. The van der Waals surface area contributed by atoms with E-state index in [1.54, 1.807) is 0 Å². The Hall–Kier alpha value is -1.90. The van der Waals surface area contributed by atoms with E-state index >= 15 is 0 Å². The van der Waals surface area contributed by atoms with E-state index < -0.39 is 0 Å². The van der Waals surface area contributed by atoms with Gasteiger partial charge in [0.15, 0.2) is 5.78 Å². The summed E-state index contributed by atoms with van der Waals surface area (Å²) in [6.45, 7) is 0. The van der Waals surface area contributed by atoms with Crippen molar-refractivity contribution in [2.45, 2.75) is 38.0 Å². The largest absolute Gasteiger partial charge is 0.294 e. The molecule has 0 atom stereocenters. The molecule has 0 bridgehead atoms. The lowest BCUT2D eigenvalue weighted by Gasteiger charge is -2.13. The fourth-order valence-electron chi connectivity index (χ4n) is 2.97. The van der Waals surface area contributed by atoms with Crippen molar-refractivity contribution in [2.75, 3.05) is 0 Å². The van der Waals surface area contributed by atoms with Crippen molar-refractivity contribution in [2.24, 2.45) is 0 Å². The molecule has 1 aromatic carbocycles. The van der Waals surface area contributed by atoms with Gasteiger partial charge in [-0.1, -0.05) is 18.2 Å². The maximum absolute atomic E-state index is 12.2. The highest BCUT2D eigenvalue weighted by Gasteiger charge is 2.35. The Labute approximate surface area is 112 Å². The van der Waals surface area contributed by atoms with Crippen molar-refractivity contribution < 1.29 is 4.79 Å². The molecule has 1 aromatic heterocycles. The van der Waals surface area contributed by atoms with Crippen molar-refractivity contribution in [1.29, 1.82) is 0 Å². The number of carbonyl (C=O) groups excluding carboxylic acids is 1. The molecule has 0 amide bonds. The smallest absolute Gasteiger partial charge is 0.166 e. The quantitative estimate of drug-likeness (QED) is 0.822. The number of fused-ring (bicyclic) bond motifs is 1. The average Bonchev–Trinajstić information content (AvgIpc) is 3.21. The molecule has 0 saturated heterocycles. The van der Waals surface area contributed by atoms with E-state index in [2.05, 4.69) is 12.1 Å². The van der Waals surface area contributed by atoms with Crippen LogP contribution in [0.1, 0.15) is 53.3 Å². The predicted molar refractivity (Wildman–Crippen MR) is 72.8 cm³/mol. The standard InChI is InChI=1S/C16H16N2O/c19-14-8-4-7-13-15(14)16(11-9-10-11)17-18(13)12-5-2-1-3-6-12/h1-3,5-6,11H,4,7-10H2. The number of para-hydroxylation sites is 1. The SMILES string of the molecule is O=C1CCCc2c1c(C1CC1)nn2-c1ccccc1. The normalized spacial score (nSPS) is 18.4. The summed E-state index contributed by atoms with van der Waals surface area (Å²) < 4.78 is 2.00. The van der Waals surface area contributed by atoms with Crippen LogP contribution in [0.15, 0.2) is 30.3 Å². The first-order valence-corrected chi connectivity index (χ1v) is 7.05. The van der Waals surface area contributed by atoms with Crippen molar-refractivity contribution >= 4 is 5.78 Å². The highest BCUT2D eigenvalue weighted by Crippen LogP contribution is 2.43. The van der Waals surface area contributed by atoms with Gasteiger partial charge < -0.3 is 0 Å². The predicted octanol–water partition coefficient (Wildman–Crippen LogP) is 3.27. The molecule has 96 valence electrons. The topological polar surface area (TPSA) is 34.9 Å². The Bertz CT molecular complexity index is 638. The van der Waals surface area contributed by atoms with Gasteiger partial charge in [0.2, 0.25) is 0 Å². The molecule has 2 aliphatic carbocycles. The van der Waals surface area contributed by atoms with Crippen LogP contribution < -0.4 is 0 Å². The van der Waals surface area contributed by atoms with E-state index in [0.29, 0.717) is 18.1 Å². The average molecular weight is 252 g/mol. The Morgan fingerprint density at radius 2 is 1.89 bits per heavy atom. The van der Waals surface area contributed by atoms with Crippen molar-refractivity contribution in [1.82, 2.24) is 9.78 Å². The van der Waals surface area contributed by atoms with Crippen LogP contribution >= 0.6 is 0 Å². The third kappa shape index (κ3) is 1.72. The molecule has 2 aromatic rings. The van der Waals surface area contributed by atoms with Gasteiger partial charge >= 0.3 is 0 Å². The van der Waals surface area contributed by atoms with Gasteiger partial charge in [-0.25, -0.2) is 4.68 Å². The minimum atomic E-state index is 0.297. The molecule has 0 spiro atoms. The van der Waals surface area contributed by atoms with Gasteiger partial charge in [0.05, 0.1) is 22.6 Å². The van der Waals surface area contributed by atoms with Crippen LogP contribution in [-0.2, 0) is 6.42 Å². The Morgan fingerprint density at radius 1 is 1.11 bits per heavy atom. The van der Waals surface area contributed by atoms with Crippen LogP contribution in [0.4, 0.5) is 0 Å². The van der Waals surface area contributed by atoms with Gasteiger partial charge in [0.1, 0.15) is 0 Å². The van der Waals surface area contributed by atoms with E-state index in [1.165, 1.54) is 12.8 Å². The minimum absolute atomic E-state index is 0.297. The van der Waals surface area contributed by atoms with Gasteiger partial charge in [-0.2, -0.15) is 5.10 Å². The van der Waals surface area contributed by atoms with Crippen LogP contribution in [-0.4, -0.2) is 15.6 Å². The van der Waals surface area contributed by atoms with Gasteiger partial charge in [-0.05, 0) is 37.8 Å². The zero-order valence-corrected chi connectivity index (χ0v) is 10.8. The first-order chi connectivity index (χ1) is 9.34. The van der Waals surface area contributed by atoms with Gasteiger partial charge in [-0.3, -0.25) is 4.79 Å². The molecule has 3 nitrogen and oxygen atoms in total. The molecule has 19 heavy (non-hydrogen) atoms. The number of nitrogens with zero attached hydrogens (tertiary/aromatic N) is 2. The lowest BCUT2D eigenvalue weighted by Crippen LogP contribution is -2.13. The zero-order chi connectivity index (χ0) is 12.8. The number of Topliss-reactive ketones (excluding diaryl/α,β-unsaturated/α-hetero) is 1. The molecule has 3 heteroatoms. The van der Waals surface area contributed by atoms with Crippen LogP contribution in [0.5, 0.6) is 0 Å². The summed E-state index contributed by atoms with van der Waals surface area (Å²) in [5.41, 5.74) is 4.20. The zero-order valence-electron chi connectivity index (χ0n) is 10.8.